The van der Waals surface area contributed by atoms with Crippen LogP contribution >= 0.6 is 11.3 Å². The number of primary amides is 1. The smallest absolute Gasteiger partial charge is 0.305 e. The highest BCUT2D eigenvalue weighted by atomic mass is 32.1. The van der Waals surface area contributed by atoms with Crippen molar-refractivity contribution < 1.29 is 19.4 Å². The number of rotatable bonds is 6. The summed E-state index contributed by atoms with van der Waals surface area (Å²) in [5.74, 6) is -1.07. The van der Waals surface area contributed by atoms with Gasteiger partial charge in [-0.25, -0.2) is 4.98 Å². The summed E-state index contributed by atoms with van der Waals surface area (Å²) in [6.45, 7) is 0. The quantitative estimate of drug-likeness (QED) is 0.794. The zero-order valence-electron chi connectivity index (χ0n) is 12.0. The van der Waals surface area contributed by atoms with Gasteiger partial charge in [0.1, 0.15) is 5.75 Å². The largest absolute Gasteiger partial charge is 0.507 e. The van der Waals surface area contributed by atoms with Crippen molar-refractivity contribution in [1.82, 2.24) is 4.98 Å². The molecule has 2 rings (SSSR count). The van der Waals surface area contributed by atoms with Crippen LogP contribution in [-0.2, 0) is 16.0 Å². The highest BCUT2D eigenvalue weighted by Gasteiger charge is 2.11. The zero-order valence-corrected chi connectivity index (χ0v) is 12.9. The van der Waals surface area contributed by atoms with E-state index < -0.39 is 5.91 Å². The summed E-state index contributed by atoms with van der Waals surface area (Å²) in [7, 11) is 1.37. The zero-order chi connectivity index (χ0) is 16.1. The van der Waals surface area contributed by atoms with Crippen LogP contribution in [0.3, 0.4) is 0 Å². The van der Waals surface area contributed by atoms with E-state index in [1.807, 2.05) is 5.38 Å². The number of nitrogens with zero attached hydrogens (tertiary/aromatic N) is 1. The van der Waals surface area contributed by atoms with Gasteiger partial charge in [-0.1, -0.05) is 0 Å². The first kappa shape index (κ1) is 16.0. The van der Waals surface area contributed by atoms with Gasteiger partial charge in [0, 0.05) is 17.4 Å². The summed E-state index contributed by atoms with van der Waals surface area (Å²) >= 11 is 1.48. The van der Waals surface area contributed by atoms with Crippen LogP contribution in [0.4, 0.5) is 0 Å². The van der Waals surface area contributed by atoms with Crippen LogP contribution in [0.15, 0.2) is 23.6 Å². The number of carbonyl (C=O) groups is 2. The third-order valence-electron chi connectivity index (χ3n) is 3.11. The van der Waals surface area contributed by atoms with E-state index in [4.69, 9.17) is 5.73 Å². The van der Waals surface area contributed by atoms with Crippen molar-refractivity contribution >= 4 is 23.2 Å². The second-order valence-electron chi connectivity index (χ2n) is 4.65. The Kier molecular flexibility index (Phi) is 5.11. The molecule has 0 saturated heterocycles. The van der Waals surface area contributed by atoms with Crippen LogP contribution in [0.5, 0.6) is 5.75 Å². The molecule has 0 atom stereocenters. The molecule has 0 aliphatic rings. The van der Waals surface area contributed by atoms with Crippen LogP contribution in [0.25, 0.3) is 11.3 Å². The molecule has 1 amide bonds. The van der Waals surface area contributed by atoms with E-state index >= 15 is 0 Å². The van der Waals surface area contributed by atoms with Gasteiger partial charge in [-0.3, -0.25) is 9.59 Å². The summed E-state index contributed by atoms with van der Waals surface area (Å²) in [4.78, 5) is 26.8. The molecular weight excluding hydrogens is 304 g/mol. The number of phenols is 1. The normalized spacial score (nSPS) is 10.4. The molecule has 2 aromatic rings. The highest BCUT2D eigenvalue weighted by molar-refractivity contribution is 7.09. The number of hydrogen-bond acceptors (Lipinski definition) is 6. The summed E-state index contributed by atoms with van der Waals surface area (Å²) in [5, 5.41) is 12.3. The lowest BCUT2D eigenvalue weighted by atomic mass is 10.1. The number of nitrogens with two attached hydrogens (primary N) is 1. The molecule has 1 aromatic carbocycles. The van der Waals surface area contributed by atoms with E-state index in [1.54, 1.807) is 6.07 Å². The van der Waals surface area contributed by atoms with Gasteiger partial charge in [-0.2, -0.15) is 0 Å². The fourth-order valence-electron chi connectivity index (χ4n) is 1.94. The molecule has 0 saturated carbocycles. The fraction of sp³-hybridized carbons (Fsp3) is 0.267. The number of ether oxygens (including phenoxy) is 1. The molecule has 0 bridgehead atoms. The molecule has 1 aromatic heterocycles. The van der Waals surface area contributed by atoms with Crippen molar-refractivity contribution in [2.24, 2.45) is 5.73 Å². The predicted molar refractivity (Wildman–Crippen MR) is 82.7 cm³/mol. The number of amides is 1. The van der Waals surface area contributed by atoms with E-state index in [1.165, 1.54) is 30.6 Å². The maximum absolute atomic E-state index is 11.2. The monoisotopic (exact) mass is 320 g/mol. The van der Waals surface area contributed by atoms with Crippen LogP contribution in [0, 0.1) is 0 Å². The maximum Gasteiger partial charge on any atom is 0.305 e. The van der Waals surface area contributed by atoms with Gasteiger partial charge in [0.05, 0.1) is 23.4 Å². The molecule has 0 unspecified atom stereocenters. The average molecular weight is 320 g/mol. The molecule has 6 nitrogen and oxygen atoms in total. The van der Waals surface area contributed by atoms with Crippen molar-refractivity contribution in [3.8, 4) is 17.0 Å². The summed E-state index contributed by atoms with van der Waals surface area (Å²) in [6.07, 6.45) is 1.71. The molecule has 0 fully saturated rings. The van der Waals surface area contributed by atoms with Crippen molar-refractivity contribution in [2.75, 3.05) is 7.11 Å². The standard InChI is InChI=1S/C15H16N2O4S/c1-21-14(19)4-2-3-13-17-11(8-22-13)9-5-6-12(18)10(7-9)15(16)20/h5-8,18H,2-4H2,1H3,(H2,16,20). The maximum atomic E-state index is 11.2. The number of aryl methyl sites for hydroxylation is 1. The number of methoxy groups -OCH3 is 1. The molecule has 0 radical (unpaired) electrons. The number of hydrogen-bond donors (Lipinski definition) is 2. The van der Waals surface area contributed by atoms with E-state index in [0.29, 0.717) is 30.5 Å². The minimum absolute atomic E-state index is 0.0674. The lowest BCUT2D eigenvalue weighted by Gasteiger charge is -2.03. The van der Waals surface area contributed by atoms with Crippen LogP contribution < -0.4 is 5.73 Å². The molecule has 0 aliphatic carbocycles. The SMILES string of the molecule is COC(=O)CCCc1nc(-c2ccc(O)c(C(N)=O)c2)cs1. The van der Waals surface area contributed by atoms with Gasteiger partial charge in [0.15, 0.2) is 0 Å². The van der Waals surface area contributed by atoms with Gasteiger partial charge in [0.25, 0.3) is 5.91 Å². The number of esters is 1. The molecule has 1 heterocycles. The minimum atomic E-state index is -0.687. The molecule has 7 heteroatoms. The summed E-state index contributed by atoms with van der Waals surface area (Å²) in [5.41, 5.74) is 6.70. The Balaban J connectivity index is 2.09. The van der Waals surface area contributed by atoms with Gasteiger partial charge in [0.2, 0.25) is 0 Å². The summed E-state index contributed by atoms with van der Waals surface area (Å²) in [6, 6.07) is 4.62. The molecule has 3 N–H and O–H groups in total. The Morgan fingerprint density at radius 3 is 2.86 bits per heavy atom. The van der Waals surface area contributed by atoms with E-state index in [-0.39, 0.29) is 17.3 Å². The number of aromatic nitrogens is 1. The van der Waals surface area contributed by atoms with Gasteiger partial charge < -0.3 is 15.6 Å². The Morgan fingerprint density at radius 1 is 1.41 bits per heavy atom. The average Bonchev–Trinajstić information content (AvgIpc) is 2.96. The molecule has 0 aliphatic heterocycles. The fourth-order valence-corrected chi connectivity index (χ4v) is 2.79. The van der Waals surface area contributed by atoms with Crippen molar-refractivity contribution in [1.29, 1.82) is 0 Å². The number of aromatic hydroxyl groups is 1. The van der Waals surface area contributed by atoms with E-state index in [9.17, 15) is 14.7 Å². The molecule has 116 valence electrons. The Bertz CT molecular complexity index is 697. The van der Waals surface area contributed by atoms with Crippen molar-refractivity contribution in [2.45, 2.75) is 19.3 Å². The Labute approximate surface area is 131 Å². The van der Waals surface area contributed by atoms with Crippen LogP contribution in [0.2, 0.25) is 0 Å². The third kappa shape index (κ3) is 3.82. The van der Waals surface area contributed by atoms with Crippen LogP contribution in [0.1, 0.15) is 28.2 Å². The van der Waals surface area contributed by atoms with E-state index in [0.717, 1.165) is 5.01 Å². The highest BCUT2D eigenvalue weighted by Crippen LogP contribution is 2.27. The number of benzene rings is 1. The Hall–Kier alpha value is -2.41. The minimum Gasteiger partial charge on any atom is -0.507 e. The second kappa shape index (κ2) is 7.04. The van der Waals surface area contributed by atoms with Crippen molar-refractivity contribution in [3.05, 3.63) is 34.2 Å². The predicted octanol–water partition coefficient (Wildman–Crippen LogP) is 2.11. The van der Waals surface area contributed by atoms with Gasteiger partial charge in [-0.15, -0.1) is 11.3 Å². The topological polar surface area (TPSA) is 103 Å². The second-order valence-corrected chi connectivity index (χ2v) is 5.60. The number of carbonyl (C=O) groups excluding carboxylic acids is 2. The molecule has 22 heavy (non-hydrogen) atoms. The molecular formula is C15H16N2O4S. The third-order valence-corrected chi connectivity index (χ3v) is 4.02. The lowest BCUT2D eigenvalue weighted by molar-refractivity contribution is -0.140. The molecule has 0 spiro atoms. The van der Waals surface area contributed by atoms with Crippen LogP contribution in [-0.4, -0.2) is 29.1 Å². The van der Waals surface area contributed by atoms with Gasteiger partial charge >= 0.3 is 5.97 Å². The van der Waals surface area contributed by atoms with E-state index in [2.05, 4.69) is 9.72 Å². The first-order valence-corrected chi connectivity index (χ1v) is 7.53. The first-order chi connectivity index (χ1) is 10.5. The number of thiazole rings is 1. The van der Waals surface area contributed by atoms with Crippen molar-refractivity contribution in [3.63, 3.8) is 0 Å². The lowest BCUT2D eigenvalue weighted by Crippen LogP contribution is -2.11. The van der Waals surface area contributed by atoms with Gasteiger partial charge in [-0.05, 0) is 31.0 Å². The summed E-state index contributed by atoms with van der Waals surface area (Å²) < 4.78 is 4.59. The Morgan fingerprint density at radius 2 is 2.18 bits per heavy atom. The first-order valence-electron chi connectivity index (χ1n) is 6.65.